The van der Waals surface area contributed by atoms with Crippen LogP contribution in [0.5, 0.6) is 11.5 Å². The minimum absolute atomic E-state index is 0.0325. The van der Waals surface area contributed by atoms with Crippen molar-refractivity contribution in [3.8, 4) is 11.5 Å². The molecule has 1 aliphatic heterocycles. The number of benzene rings is 2. The summed E-state index contributed by atoms with van der Waals surface area (Å²) in [6.45, 7) is 3.10. The van der Waals surface area contributed by atoms with E-state index >= 15 is 0 Å². The molecule has 0 saturated carbocycles. The number of carbonyl (C=O) groups excluding carboxylic acids is 2. The molecule has 1 saturated heterocycles. The Labute approximate surface area is 188 Å². The van der Waals surface area contributed by atoms with Gasteiger partial charge in [-0.2, -0.15) is 0 Å². The average Bonchev–Trinajstić information content (AvgIpc) is 3.07. The van der Waals surface area contributed by atoms with E-state index in [0.29, 0.717) is 29.2 Å². The monoisotopic (exact) mass is 439 g/mol. The maximum atomic E-state index is 13.0. The summed E-state index contributed by atoms with van der Waals surface area (Å²) in [6.07, 6.45) is 1.92. The first kappa shape index (κ1) is 23.3. The van der Waals surface area contributed by atoms with Crippen molar-refractivity contribution < 1.29 is 28.9 Å². The molecule has 1 fully saturated rings. The van der Waals surface area contributed by atoms with Gasteiger partial charge in [-0.3, -0.25) is 9.59 Å². The summed E-state index contributed by atoms with van der Waals surface area (Å²) in [4.78, 5) is 27.3. The summed E-state index contributed by atoms with van der Waals surface area (Å²) in [6, 6.07) is 13.3. The molecule has 3 rings (SSSR count). The fourth-order valence-electron chi connectivity index (χ4n) is 3.68. The highest BCUT2D eigenvalue weighted by Gasteiger charge is 2.46. The van der Waals surface area contributed by atoms with Gasteiger partial charge in [0, 0.05) is 19.2 Å². The van der Waals surface area contributed by atoms with Gasteiger partial charge >= 0.3 is 0 Å². The molecular formula is C25H29NO6. The Morgan fingerprint density at radius 2 is 1.78 bits per heavy atom. The smallest absolute Gasteiger partial charge is 0.295 e. The lowest BCUT2D eigenvalue weighted by molar-refractivity contribution is -0.140. The summed E-state index contributed by atoms with van der Waals surface area (Å²) >= 11 is 0. The number of rotatable bonds is 10. The zero-order chi connectivity index (χ0) is 23.1. The van der Waals surface area contributed by atoms with E-state index in [1.54, 1.807) is 55.6 Å². The lowest BCUT2D eigenvalue weighted by Crippen LogP contribution is -2.32. The van der Waals surface area contributed by atoms with Crippen molar-refractivity contribution in [3.05, 3.63) is 65.2 Å². The number of ether oxygens (including phenoxy) is 3. The molecule has 1 N–H and O–H groups in total. The molecule has 1 atom stereocenters. The van der Waals surface area contributed by atoms with Crippen LogP contribution in [0.1, 0.15) is 36.9 Å². The Hall–Kier alpha value is -3.32. The second kappa shape index (κ2) is 10.8. The number of Topliss-reactive ketones (excluding diaryl/α,β-unsaturated/α-hetero) is 1. The Morgan fingerprint density at radius 1 is 1.03 bits per heavy atom. The average molecular weight is 440 g/mol. The zero-order valence-corrected chi connectivity index (χ0v) is 18.7. The van der Waals surface area contributed by atoms with Gasteiger partial charge in [0.05, 0.1) is 31.9 Å². The van der Waals surface area contributed by atoms with Crippen LogP contribution in [0, 0.1) is 0 Å². The van der Waals surface area contributed by atoms with Gasteiger partial charge in [-0.25, -0.2) is 0 Å². The molecule has 1 aliphatic rings. The highest BCUT2D eigenvalue weighted by Crippen LogP contribution is 2.40. The number of unbranched alkanes of at least 4 members (excludes halogenated alkanes) is 1. The molecule has 0 spiro atoms. The molecule has 1 unspecified atom stereocenters. The van der Waals surface area contributed by atoms with Crippen molar-refractivity contribution in [2.24, 2.45) is 0 Å². The van der Waals surface area contributed by atoms with Gasteiger partial charge in [0.25, 0.3) is 11.7 Å². The molecule has 0 aromatic heterocycles. The summed E-state index contributed by atoms with van der Waals surface area (Å²) in [5, 5.41) is 11.2. The lowest BCUT2D eigenvalue weighted by atomic mass is 9.95. The molecule has 0 aliphatic carbocycles. The maximum Gasteiger partial charge on any atom is 0.295 e. The molecule has 1 amide bonds. The highest BCUT2D eigenvalue weighted by molar-refractivity contribution is 6.46. The number of ketones is 1. The SMILES string of the molecule is CCCCOc1cccc(C(O)=C2C(=O)C(=O)N(CCOC)C2c2cccc(OC)c2)c1. The van der Waals surface area contributed by atoms with Crippen LogP contribution in [0.2, 0.25) is 0 Å². The molecule has 0 bridgehead atoms. The second-order valence-corrected chi connectivity index (χ2v) is 7.49. The third kappa shape index (κ3) is 4.94. The first-order valence-corrected chi connectivity index (χ1v) is 10.7. The maximum absolute atomic E-state index is 13.0. The third-order valence-electron chi connectivity index (χ3n) is 5.36. The van der Waals surface area contributed by atoms with Crippen molar-refractivity contribution >= 4 is 17.4 Å². The number of carbonyl (C=O) groups is 2. The van der Waals surface area contributed by atoms with Crippen molar-refractivity contribution in [1.82, 2.24) is 4.90 Å². The number of aliphatic hydroxyl groups excluding tert-OH is 1. The number of nitrogens with zero attached hydrogens (tertiary/aromatic N) is 1. The van der Waals surface area contributed by atoms with Crippen LogP contribution < -0.4 is 9.47 Å². The van der Waals surface area contributed by atoms with Crippen LogP contribution in [0.15, 0.2) is 54.1 Å². The number of amides is 1. The van der Waals surface area contributed by atoms with E-state index in [1.807, 2.05) is 0 Å². The van der Waals surface area contributed by atoms with Crippen LogP contribution in [-0.2, 0) is 14.3 Å². The Kier molecular flexibility index (Phi) is 7.89. The first-order chi connectivity index (χ1) is 15.5. The Bertz CT molecular complexity index is 999. The van der Waals surface area contributed by atoms with Crippen LogP contribution in [0.25, 0.3) is 5.76 Å². The lowest BCUT2D eigenvalue weighted by Gasteiger charge is -2.25. The first-order valence-electron chi connectivity index (χ1n) is 10.7. The van der Waals surface area contributed by atoms with Gasteiger partial charge in [0.1, 0.15) is 17.3 Å². The highest BCUT2D eigenvalue weighted by atomic mass is 16.5. The molecule has 1 heterocycles. The van der Waals surface area contributed by atoms with E-state index in [4.69, 9.17) is 14.2 Å². The van der Waals surface area contributed by atoms with Gasteiger partial charge < -0.3 is 24.2 Å². The fourth-order valence-corrected chi connectivity index (χ4v) is 3.68. The standard InChI is InChI=1S/C25H29NO6/c1-4-5-13-32-20-11-7-9-18(16-20)23(27)21-22(17-8-6-10-19(15-17)31-3)26(12-14-30-2)25(29)24(21)28/h6-11,15-16,22,27H,4-5,12-14H2,1-3H3. The number of hydrogen-bond acceptors (Lipinski definition) is 6. The van der Waals surface area contributed by atoms with E-state index in [-0.39, 0.29) is 24.5 Å². The van der Waals surface area contributed by atoms with Crippen molar-refractivity contribution in [3.63, 3.8) is 0 Å². The van der Waals surface area contributed by atoms with E-state index < -0.39 is 17.7 Å². The molecule has 32 heavy (non-hydrogen) atoms. The summed E-state index contributed by atoms with van der Waals surface area (Å²) < 4.78 is 16.2. The summed E-state index contributed by atoms with van der Waals surface area (Å²) in [7, 11) is 3.08. The number of methoxy groups -OCH3 is 2. The minimum Gasteiger partial charge on any atom is -0.507 e. The molecule has 2 aromatic carbocycles. The molecular weight excluding hydrogens is 410 g/mol. The third-order valence-corrected chi connectivity index (χ3v) is 5.36. The topological polar surface area (TPSA) is 85.3 Å². The van der Waals surface area contributed by atoms with Crippen LogP contribution >= 0.6 is 0 Å². The predicted octanol–water partition coefficient (Wildman–Crippen LogP) is 3.94. The number of likely N-dealkylation sites (tertiary alicyclic amines) is 1. The summed E-state index contributed by atoms with van der Waals surface area (Å²) in [5.74, 6) is -0.465. The summed E-state index contributed by atoms with van der Waals surface area (Å²) in [5.41, 5.74) is 1.11. The number of hydrogen-bond donors (Lipinski definition) is 1. The molecule has 7 heteroatoms. The second-order valence-electron chi connectivity index (χ2n) is 7.49. The van der Waals surface area contributed by atoms with E-state index in [0.717, 1.165) is 12.8 Å². The van der Waals surface area contributed by atoms with E-state index in [1.165, 1.54) is 12.0 Å². The Balaban J connectivity index is 2.08. The van der Waals surface area contributed by atoms with Crippen molar-refractivity contribution in [1.29, 1.82) is 0 Å². The van der Waals surface area contributed by atoms with Crippen LogP contribution in [-0.4, -0.2) is 55.7 Å². The molecule has 0 radical (unpaired) electrons. The van der Waals surface area contributed by atoms with Gasteiger partial charge in [0.15, 0.2) is 0 Å². The fraction of sp³-hybridized carbons (Fsp3) is 0.360. The van der Waals surface area contributed by atoms with Gasteiger partial charge in [-0.15, -0.1) is 0 Å². The van der Waals surface area contributed by atoms with Gasteiger partial charge in [0.2, 0.25) is 0 Å². The van der Waals surface area contributed by atoms with Crippen molar-refractivity contribution in [2.45, 2.75) is 25.8 Å². The quantitative estimate of drug-likeness (QED) is 0.261. The zero-order valence-electron chi connectivity index (χ0n) is 18.7. The normalized spacial score (nSPS) is 17.6. The predicted molar refractivity (Wildman–Crippen MR) is 121 cm³/mol. The number of aliphatic hydroxyl groups is 1. The van der Waals surface area contributed by atoms with Crippen LogP contribution in [0.4, 0.5) is 0 Å². The molecule has 170 valence electrons. The van der Waals surface area contributed by atoms with E-state index in [2.05, 4.69) is 6.92 Å². The van der Waals surface area contributed by atoms with Crippen molar-refractivity contribution in [2.75, 3.05) is 34.0 Å². The molecule has 2 aromatic rings. The van der Waals surface area contributed by atoms with Crippen LogP contribution in [0.3, 0.4) is 0 Å². The minimum atomic E-state index is -0.759. The van der Waals surface area contributed by atoms with E-state index in [9.17, 15) is 14.7 Å². The van der Waals surface area contributed by atoms with Gasteiger partial charge in [-0.1, -0.05) is 37.6 Å². The van der Waals surface area contributed by atoms with Gasteiger partial charge in [-0.05, 0) is 36.2 Å². The largest absolute Gasteiger partial charge is 0.507 e. The molecule has 7 nitrogen and oxygen atoms in total. The Morgan fingerprint density at radius 3 is 2.50 bits per heavy atom.